The van der Waals surface area contributed by atoms with E-state index < -0.39 is 0 Å². The van der Waals surface area contributed by atoms with Crippen LogP contribution in [-0.2, 0) is 0 Å². The lowest BCUT2D eigenvalue weighted by molar-refractivity contribution is 1.52. The second-order valence-corrected chi connectivity index (χ2v) is 6.11. The van der Waals surface area contributed by atoms with Crippen molar-refractivity contribution in [2.24, 2.45) is 0 Å². The van der Waals surface area contributed by atoms with Crippen molar-refractivity contribution in [2.75, 3.05) is 0 Å². The highest BCUT2D eigenvalue weighted by molar-refractivity contribution is 9.11. The van der Waals surface area contributed by atoms with Crippen molar-refractivity contribution in [3.63, 3.8) is 0 Å². The van der Waals surface area contributed by atoms with E-state index in [0.29, 0.717) is 10.6 Å². The zero-order chi connectivity index (χ0) is 12.3. The zero-order valence-electron chi connectivity index (χ0n) is 8.65. The molecule has 2 rings (SSSR count). The van der Waals surface area contributed by atoms with Crippen molar-refractivity contribution in [2.45, 2.75) is 0 Å². The monoisotopic (exact) mass is 323 g/mol. The third kappa shape index (κ3) is 2.78. The molecule has 0 fully saturated rings. The van der Waals surface area contributed by atoms with Crippen LogP contribution in [0.1, 0.15) is 10.4 Å². The van der Waals surface area contributed by atoms with Gasteiger partial charge in [-0.15, -0.1) is 11.3 Å². The van der Waals surface area contributed by atoms with Crippen LogP contribution in [0.15, 0.2) is 46.3 Å². The van der Waals surface area contributed by atoms with Crippen LogP contribution in [0.2, 0.25) is 0 Å². The Morgan fingerprint density at radius 2 is 1.88 bits per heavy atom. The number of nitrogens with zero attached hydrogens (tertiary/aromatic N) is 1. The molecule has 0 aliphatic heterocycles. The van der Waals surface area contributed by atoms with Gasteiger partial charge in [-0.2, -0.15) is 5.26 Å². The predicted octanol–water partition coefficient (Wildman–Crippen LogP) is 5.14. The number of hydrogen-bond acceptors (Lipinski definition) is 2. The van der Waals surface area contributed by atoms with Gasteiger partial charge >= 0.3 is 0 Å². The maximum Gasteiger partial charge on any atom is 0.101 e. The van der Waals surface area contributed by atoms with Crippen molar-refractivity contribution in [3.05, 3.63) is 56.7 Å². The third-order valence-corrected chi connectivity index (χ3v) is 4.33. The van der Waals surface area contributed by atoms with E-state index in [1.54, 1.807) is 0 Å². The van der Waals surface area contributed by atoms with Crippen LogP contribution in [0.3, 0.4) is 0 Å². The molecule has 1 heterocycles. The molecule has 17 heavy (non-hydrogen) atoms. The summed E-state index contributed by atoms with van der Waals surface area (Å²) in [5.74, 6) is 0. The SMILES string of the molecule is N#CC(=C(Cl)c1ccc(Br)s1)c1ccccc1. The number of nitriles is 1. The molecule has 4 heteroatoms. The molecule has 0 aliphatic carbocycles. The van der Waals surface area contributed by atoms with Crippen molar-refractivity contribution in [1.29, 1.82) is 5.26 Å². The molecule has 0 atom stereocenters. The lowest BCUT2D eigenvalue weighted by Crippen LogP contribution is -1.83. The van der Waals surface area contributed by atoms with Crippen LogP contribution in [-0.4, -0.2) is 0 Å². The Kier molecular flexibility index (Phi) is 4.01. The number of rotatable bonds is 2. The van der Waals surface area contributed by atoms with Crippen LogP contribution in [0.4, 0.5) is 0 Å². The first-order chi connectivity index (χ1) is 8.22. The highest BCUT2D eigenvalue weighted by Gasteiger charge is 2.10. The molecule has 0 N–H and O–H groups in total. The number of hydrogen-bond donors (Lipinski definition) is 0. The van der Waals surface area contributed by atoms with Crippen molar-refractivity contribution in [3.8, 4) is 6.07 Å². The van der Waals surface area contributed by atoms with Gasteiger partial charge in [0, 0.05) is 4.88 Å². The summed E-state index contributed by atoms with van der Waals surface area (Å²) >= 11 is 11.2. The minimum atomic E-state index is 0.495. The summed E-state index contributed by atoms with van der Waals surface area (Å²) < 4.78 is 0.996. The van der Waals surface area contributed by atoms with Gasteiger partial charge in [-0.25, -0.2) is 0 Å². The van der Waals surface area contributed by atoms with Crippen LogP contribution < -0.4 is 0 Å². The van der Waals surface area contributed by atoms with Crippen LogP contribution in [0, 0.1) is 11.3 Å². The Balaban J connectivity index is 2.52. The fourth-order valence-electron chi connectivity index (χ4n) is 1.40. The van der Waals surface area contributed by atoms with E-state index in [4.69, 9.17) is 11.6 Å². The molecule has 1 nitrogen and oxygen atoms in total. The van der Waals surface area contributed by atoms with Gasteiger partial charge in [0.2, 0.25) is 0 Å². The van der Waals surface area contributed by atoms with Crippen LogP contribution >= 0.6 is 38.9 Å². The maximum absolute atomic E-state index is 9.22. The van der Waals surface area contributed by atoms with Crippen molar-refractivity contribution in [1.82, 2.24) is 0 Å². The van der Waals surface area contributed by atoms with Gasteiger partial charge in [0.1, 0.15) is 6.07 Å². The Labute approximate surface area is 117 Å². The molecule has 84 valence electrons. The molecule has 1 aromatic heterocycles. The van der Waals surface area contributed by atoms with E-state index in [0.717, 1.165) is 14.2 Å². The zero-order valence-corrected chi connectivity index (χ0v) is 11.8. The van der Waals surface area contributed by atoms with E-state index in [1.807, 2.05) is 42.5 Å². The van der Waals surface area contributed by atoms with Gasteiger partial charge in [0.15, 0.2) is 0 Å². The summed E-state index contributed by atoms with van der Waals surface area (Å²) in [4.78, 5) is 0.888. The van der Waals surface area contributed by atoms with Gasteiger partial charge in [-0.3, -0.25) is 0 Å². The largest absolute Gasteiger partial charge is 0.192 e. The van der Waals surface area contributed by atoms with Crippen molar-refractivity contribution < 1.29 is 0 Å². The fourth-order valence-corrected chi connectivity index (χ4v) is 3.06. The van der Waals surface area contributed by atoms with E-state index in [1.165, 1.54) is 11.3 Å². The number of benzene rings is 1. The van der Waals surface area contributed by atoms with E-state index in [2.05, 4.69) is 22.0 Å². The summed E-state index contributed by atoms with van der Waals surface area (Å²) in [6.07, 6.45) is 0. The Morgan fingerprint density at radius 1 is 1.18 bits per heavy atom. The lowest BCUT2D eigenvalue weighted by Gasteiger charge is -2.01. The molecule has 0 spiro atoms. The molecule has 1 aromatic carbocycles. The minimum Gasteiger partial charge on any atom is -0.192 e. The molecular weight excluding hydrogens is 318 g/mol. The summed E-state index contributed by atoms with van der Waals surface area (Å²) in [5, 5.41) is 9.71. The average molecular weight is 325 g/mol. The summed E-state index contributed by atoms with van der Waals surface area (Å²) in [6, 6.07) is 15.4. The van der Waals surface area contributed by atoms with E-state index >= 15 is 0 Å². The molecule has 0 saturated heterocycles. The van der Waals surface area contributed by atoms with Gasteiger partial charge < -0.3 is 0 Å². The maximum atomic E-state index is 9.22. The third-order valence-electron chi connectivity index (χ3n) is 2.18. The molecule has 0 radical (unpaired) electrons. The fraction of sp³-hybridized carbons (Fsp3) is 0. The quantitative estimate of drug-likeness (QED) is 0.702. The van der Waals surface area contributed by atoms with Crippen LogP contribution in [0.5, 0.6) is 0 Å². The second kappa shape index (κ2) is 5.50. The minimum absolute atomic E-state index is 0.495. The highest BCUT2D eigenvalue weighted by Crippen LogP contribution is 2.35. The van der Waals surface area contributed by atoms with E-state index in [-0.39, 0.29) is 0 Å². The molecule has 0 amide bonds. The standard InChI is InChI=1S/C13H7BrClNS/c14-12-7-6-11(17-12)13(15)10(8-16)9-4-2-1-3-5-9/h1-7H. The first-order valence-corrected chi connectivity index (χ1v) is 6.82. The van der Waals surface area contributed by atoms with Gasteiger partial charge in [0.25, 0.3) is 0 Å². The normalized spacial score (nSPS) is 11.8. The summed E-state index contributed by atoms with van der Waals surface area (Å²) in [7, 11) is 0. The topological polar surface area (TPSA) is 23.8 Å². The smallest absolute Gasteiger partial charge is 0.101 e. The van der Waals surface area contributed by atoms with Crippen molar-refractivity contribution >= 4 is 49.5 Å². The first-order valence-electron chi connectivity index (χ1n) is 4.83. The number of thiophene rings is 1. The first kappa shape index (κ1) is 12.4. The molecule has 0 unspecified atom stereocenters. The molecule has 2 aromatic rings. The molecular formula is C13H7BrClNS. The van der Waals surface area contributed by atoms with Gasteiger partial charge in [0.05, 0.1) is 14.4 Å². The summed E-state index contributed by atoms with van der Waals surface area (Å²) in [5.41, 5.74) is 1.34. The molecule has 0 bridgehead atoms. The average Bonchev–Trinajstić information content (AvgIpc) is 2.78. The highest BCUT2D eigenvalue weighted by atomic mass is 79.9. The van der Waals surface area contributed by atoms with E-state index in [9.17, 15) is 5.26 Å². The van der Waals surface area contributed by atoms with Gasteiger partial charge in [-0.1, -0.05) is 41.9 Å². The number of halogens is 2. The van der Waals surface area contributed by atoms with Crippen LogP contribution in [0.25, 0.3) is 10.6 Å². The Bertz CT molecular complexity index is 595. The Morgan fingerprint density at radius 3 is 2.41 bits per heavy atom. The predicted molar refractivity (Wildman–Crippen MR) is 76.7 cm³/mol. The lowest BCUT2D eigenvalue weighted by atomic mass is 10.1. The molecule has 0 aliphatic rings. The molecule has 0 saturated carbocycles. The second-order valence-electron chi connectivity index (χ2n) is 3.27. The van der Waals surface area contributed by atoms with Gasteiger partial charge in [-0.05, 0) is 33.6 Å². The summed E-state index contributed by atoms with van der Waals surface area (Å²) in [6.45, 7) is 0. The number of allylic oxidation sites excluding steroid dienone is 1. The Hall–Kier alpha value is -1.08.